The Bertz CT molecular complexity index is 924. The van der Waals surface area contributed by atoms with Gasteiger partial charge in [0, 0.05) is 18.3 Å². The first kappa shape index (κ1) is 21.9. The van der Waals surface area contributed by atoms with E-state index in [2.05, 4.69) is 46.0 Å². The number of fused-ring (bicyclic) bond motifs is 1. The molecule has 0 aliphatic rings. The monoisotopic (exact) mass is 494 g/mol. The molecule has 0 bridgehead atoms. The number of guanidine groups is 1. The van der Waals surface area contributed by atoms with E-state index in [1.165, 1.54) is 5.56 Å². The first-order valence-electron chi connectivity index (χ1n) is 9.24. The number of halogens is 1. The largest absolute Gasteiger partial charge is 0.494 e. The fraction of sp³-hybridized carbons (Fsp3) is 0.350. The zero-order chi connectivity index (χ0) is 19.1. The normalized spacial score (nSPS) is 11.2. The van der Waals surface area contributed by atoms with Gasteiger partial charge in [0.05, 0.1) is 19.7 Å². The molecule has 2 heterocycles. The van der Waals surface area contributed by atoms with Gasteiger partial charge in [-0.15, -0.1) is 34.2 Å². The van der Waals surface area contributed by atoms with Crippen LogP contribution in [0.25, 0.3) is 5.65 Å². The minimum Gasteiger partial charge on any atom is -0.494 e. The summed E-state index contributed by atoms with van der Waals surface area (Å²) in [5.74, 6) is 2.45. The van der Waals surface area contributed by atoms with Gasteiger partial charge in [-0.2, -0.15) is 0 Å². The number of benzene rings is 1. The van der Waals surface area contributed by atoms with Gasteiger partial charge in [-0.3, -0.25) is 4.40 Å². The lowest BCUT2D eigenvalue weighted by molar-refractivity contribution is 0.336. The van der Waals surface area contributed by atoms with Gasteiger partial charge in [-0.05, 0) is 44.5 Å². The summed E-state index contributed by atoms with van der Waals surface area (Å²) in [6.45, 7) is 8.57. The number of hydrogen-bond acceptors (Lipinski definition) is 4. The number of pyridine rings is 1. The highest BCUT2D eigenvalue weighted by molar-refractivity contribution is 14.0. The minimum absolute atomic E-state index is 0. The molecule has 2 N–H and O–H groups in total. The van der Waals surface area contributed by atoms with Crippen LogP contribution in [0, 0.1) is 6.92 Å². The lowest BCUT2D eigenvalue weighted by Crippen LogP contribution is -2.37. The van der Waals surface area contributed by atoms with Crippen LogP contribution in [0.4, 0.5) is 0 Å². The van der Waals surface area contributed by atoms with Crippen LogP contribution in [0.2, 0.25) is 0 Å². The molecule has 0 fully saturated rings. The summed E-state index contributed by atoms with van der Waals surface area (Å²) in [7, 11) is 0. The zero-order valence-corrected chi connectivity index (χ0v) is 18.8. The molecule has 0 amide bonds. The van der Waals surface area contributed by atoms with Gasteiger partial charge < -0.3 is 15.4 Å². The highest BCUT2D eigenvalue weighted by atomic mass is 127. The molecule has 2 aromatic heterocycles. The highest BCUT2D eigenvalue weighted by Gasteiger charge is 2.07. The number of aromatic nitrogens is 3. The van der Waals surface area contributed by atoms with E-state index in [0.29, 0.717) is 19.7 Å². The van der Waals surface area contributed by atoms with Gasteiger partial charge in [-0.1, -0.05) is 18.2 Å². The summed E-state index contributed by atoms with van der Waals surface area (Å²) in [6.07, 6.45) is 1.96. The molecule has 8 heteroatoms. The van der Waals surface area contributed by atoms with Crippen LogP contribution in [0.1, 0.15) is 30.8 Å². The molecule has 150 valence electrons. The molecule has 0 spiro atoms. The van der Waals surface area contributed by atoms with E-state index in [0.717, 1.165) is 35.3 Å². The Balaban J connectivity index is 0.00000280. The second-order valence-corrected chi connectivity index (χ2v) is 6.14. The Morgan fingerprint density at radius 3 is 2.79 bits per heavy atom. The topological polar surface area (TPSA) is 75.8 Å². The Kier molecular flexibility index (Phi) is 8.49. The first-order valence-corrected chi connectivity index (χ1v) is 9.24. The standard InChI is InChI=1S/C20H26N6O.HI/c1-4-21-20(22-13-16-10-9-15(3)12-17(16)27-5-2)23-14-19-25-24-18-8-6-7-11-26(18)19;/h6-12H,4-5,13-14H2,1-3H3,(H2,21,22,23);1H. The highest BCUT2D eigenvalue weighted by Crippen LogP contribution is 2.21. The van der Waals surface area contributed by atoms with Crippen LogP contribution in [0.15, 0.2) is 47.6 Å². The Labute approximate surface area is 182 Å². The van der Waals surface area contributed by atoms with Crippen molar-refractivity contribution in [3.8, 4) is 5.75 Å². The number of rotatable bonds is 7. The van der Waals surface area contributed by atoms with Crippen LogP contribution < -0.4 is 15.4 Å². The van der Waals surface area contributed by atoms with Crippen molar-refractivity contribution in [2.75, 3.05) is 13.2 Å². The maximum absolute atomic E-state index is 5.75. The van der Waals surface area contributed by atoms with Crippen molar-refractivity contribution in [1.29, 1.82) is 0 Å². The predicted octanol–water partition coefficient (Wildman–Crippen LogP) is 3.31. The van der Waals surface area contributed by atoms with Crippen LogP contribution in [0.3, 0.4) is 0 Å². The molecule has 0 saturated heterocycles. The molecule has 0 saturated carbocycles. The molecular formula is C20H27IN6O. The van der Waals surface area contributed by atoms with E-state index >= 15 is 0 Å². The predicted molar refractivity (Wildman–Crippen MR) is 122 cm³/mol. The molecule has 1 aromatic carbocycles. The van der Waals surface area contributed by atoms with E-state index in [1.54, 1.807) is 0 Å². The van der Waals surface area contributed by atoms with Crippen LogP contribution in [0.5, 0.6) is 5.75 Å². The van der Waals surface area contributed by atoms with Crippen LogP contribution in [-0.2, 0) is 13.1 Å². The lowest BCUT2D eigenvalue weighted by Gasteiger charge is -2.12. The van der Waals surface area contributed by atoms with Crippen LogP contribution >= 0.6 is 24.0 Å². The molecule has 0 aliphatic carbocycles. The van der Waals surface area contributed by atoms with Crippen molar-refractivity contribution in [1.82, 2.24) is 25.2 Å². The van der Waals surface area contributed by atoms with Gasteiger partial charge in [0.15, 0.2) is 17.4 Å². The zero-order valence-electron chi connectivity index (χ0n) is 16.5. The average Bonchev–Trinajstić information content (AvgIpc) is 3.09. The van der Waals surface area contributed by atoms with Gasteiger partial charge in [0.1, 0.15) is 5.75 Å². The number of hydrogen-bond donors (Lipinski definition) is 2. The Morgan fingerprint density at radius 1 is 1.14 bits per heavy atom. The maximum atomic E-state index is 5.75. The summed E-state index contributed by atoms with van der Waals surface area (Å²) < 4.78 is 7.71. The molecule has 7 nitrogen and oxygen atoms in total. The van der Waals surface area contributed by atoms with Crippen molar-refractivity contribution in [3.63, 3.8) is 0 Å². The summed E-state index contributed by atoms with van der Waals surface area (Å²) in [4.78, 5) is 4.69. The lowest BCUT2D eigenvalue weighted by atomic mass is 10.1. The molecular weight excluding hydrogens is 467 g/mol. The number of nitrogens with zero attached hydrogens (tertiary/aromatic N) is 4. The SMILES string of the molecule is CCNC(=NCc1ccc(C)cc1OCC)NCc1nnc2ccccn12.I. The molecule has 0 unspecified atom stereocenters. The van der Waals surface area contributed by atoms with E-state index in [9.17, 15) is 0 Å². The summed E-state index contributed by atoms with van der Waals surface area (Å²) in [5, 5.41) is 15.0. The summed E-state index contributed by atoms with van der Waals surface area (Å²) in [5.41, 5.74) is 3.07. The van der Waals surface area contributed by atoms with Crippen molar-refractivity contribution in [2.45, 2.75) is 33.9 Å². The summed E-state index contributed by atoms with van der Waals surface area (Å²) >= 11 is 0. The minimum atomic E-state index is 0. The smallest absolute Gasteiger partial charge is 0.191 e. The van der Waals surface area contributed by atoms with Crippen molar-refractivity contribution in [3.05, 3.63) is 59.5 Å². The molecule has 0 radical (unpaired) electrons. The van der Waals surface area contributed by atoms with Crippen molar-refractivity contribution < 1.29 is 4.74 Å². The maximum Gasteiger partial charge on any atom is 0.191 e. The summed E-state index contributed by atoms with van der Waals surface area (Å²) in [6, 6.07) is 12.0. The first-order chi connectivity index (χ1) is 13.2. The molecule has 0 atom stereocenters. The molecule has 3 rings (SSSR count). The third-order valence-electron chi connectivity index (χ3n) is 4.07. The fourth-order valence-corrected chi connectivity index (χ4v) is 2.76. The van der Waals surface area contributed by atoms with Gasteiger partial charge in [-0.25, -0.2) is 4.99 Å². The Hall–Kier alpha value is -2.36. The Morgan fingerprint density at radius 2 is 2.00 bits per heavy atom. The van der Waals surface area contributed by atoms with Crippen molar-refractivity contribution >= 4 is 35.6 Å². The van der Waals surface area contributed by atoms with Crippen molar-refractivity contribution in [2.24, 2.45) is 4.99 Å². The molecule has 28 heavy (non-hydrogen) atoms. The van der Waals surface area contributed by atoms with Gasteiger partial charge >= 0.3 is 0 Å². The van der Waals surface area contributed by atoms with E-state index < -0.39 is 0 Å². The second-order valence-electron chi connectivity index (χ2n) is 6.14. The fourth-order valence-electron chi connectivity index (χ4n) is 2.76. The number of nitrogens with one attached hydrogen (secondary N) is 2. The third-order valence-corrected chi connectivity index (χ3v) is 4.07. The van der Waals surface area contributed by atoms with E-state index in [1.807, 2.05) is 42.6 Å². The second kappa shape index (κ2) is 10.8. The molecule has 0 aliphatic heterocycles. The van der Waals surface area contributed by atoms with Gasteiger partial charge in [0.25, 0.3) is 0 Å². The number of aliphatic imine (C=N–C) groups is 1. The number of ether oxygens (including phenoxy) is 1. The third kappa shape index (κ3) is 5.57. The average molecular weight is 494 g/mol. The molecule has 3 aromatic rings. The van der Waals surface area contributed by atoms with Crippen LogP contribution in [-0.4, -0.2) is 33.7 Å². The van der Waals surface area contributed by atoms with E-state index in [-0.39, 0.29) is 24.0 Å². The van der Waals surface area contributed by atoms with Gasteiger partial charge in [0.2, 0.25) is 0 Å². The quantitative estimate of drug-likeness (QED) is 0.300. The van der Waals surface area contributed by atoms with E-state index in [4.69, 9.17) is 9.73 Å². The number of aryl methyl sites for hydroxylation is 1.